The van der Waals surface area contributed by atoms with Crippen molar-refractivity contribution in [2.24, 2.45) is 0 Å². The minimum absolute atomic E-state index is 0.0748. The summed E-state index contributed by atoms with van der Waals surface area (Å²) < 4.78 is 13.1. The second-order valence-corrected chi connectivity index (χ2v) is 3.15. The Labute approximate surface area is 80.9 Å². The van der Waals surface area contributed by atoms with Crippen LogP contribution in [0.25, 0.3) is 0 Å². The lowest BCUT2D eigenvalue weighted by molar-refractivity contribution is 0.107. The molecule has 0 atom stereocenters. The highest BCUT2D eigenvalue weighted by Gasteiger charge is 2.15. The first-order chi connectivity index (χ1) is 6.04. The number of anilines is 1. The summed E-state index contributed by atoms with van der Waals surface area (Å²) in [6.07, 6.45) is 0. The molecule has 0 heterocycles. The topological polar surface area (TPSA) is 20.3 Å². The molecule has 0 radical (unpaired) electrons. The number of halogens is 2. The largest absolute Gasteiger partial charge is 0.377 e. The lowest BCUT2D eigenvalue weighted by atomic mass is 10.1. The summed E-state index contributed by atoms with van der Waals surface area (Å²) in [6, 6.07) is 4.38. The van der Waals surface area contributed by atoms with Gasteiger partial charge in [-0.2, -0.15) is 0 Å². The Balaban J connectivity index is 3.34. The van der Waals surface area contributed by atoms with E-state index < -0.39 is 11.1 Å². The fourth-order valence-corrected chi connectivity index (χ4v) is 1.27. The number of nitrogens with zero attached hydrogens (tertiary/aromatic N) is 1. The molecule has 0 N–H and O–H groups in total. The van der Waals surface area contributed by atoms with E-state index in [-0.39, 0.29) is 5.56 Å². The van der Waals surface area contributed by atoms with E-state index in [1.807, 2.05) is 0 Å². The summed E-state index contributed by atoms with van der Waals surface area (Å²) >= 11 is 5.25. The van der Waals surface area contributed by atoms with Gasteiger partial charge in [0.05, 0.1) is 11.3 Å². The number of benzene rings is 1. The quantitative estimate of drug-likeness (QED) is 0.685. The zero-order chi connectivity index (χ0) is 10.0. The molecule has 0 aliphatic heterocycles. The summed E-state index contributed by atoms with van der Waals surface area (Å²) in [7, 11) is 3.44. The van der Waals surface area contributed by atoms with Gasteiger partial charge in [0.2, 0.25) is 0 Å². The van der Waals surface area contributed by atoms with Crippen molar-refractivity contribution in [1.29, 1.82) is 0 Å². The summed E-state index contributed by atoms with van der Waals surface area (Å²) in [5.41, 5.74) is 0.411. The molecule has 4 heteroatoms. The molecule has 70 valence electrons. The van der Waals surface area contributed by atoms with Gasteiger partial charge >= 0.3 is 0 Å². The maximum atomic E-state index is 13.1. The van der Waals surface area contributed by atoms with Gasteiger partial charge < -0.3 is 4.90 Å². The maximum Gasteiger partial charge on any atom is 0.257 e. The minimum atomic E-state index is -0.776. The Bertz CT molecular complexity index is 338. The second kappa shape index (κ2) is 3.75. The monoisotopic (exact) mass is 201 g/mol. The molecule has 0 saturated heterocycles. The third-order valence-electron chi connectivity index (χ3n) is 1.67. The van der Waals surface area contributed by atoms with Gasteiger partial charge in [0.15, 0.2) is 0 Å². The van der Waals surface area contributed by atoms with Gasteiger partial charge in [0.25, 0.3) is 5.24 Å². The van der Waals surface area contributed by atoms with Crippen molar-refractivity contribution >= 4 is 22.5 Å². The van der Waals surface area contributed by atoms with Crippen LogP contribution < -0.4 is 4.90 Å². The first kappa shape index (κ1) is 9.99. The summed E-state index contributed by atoms with van der Waals surface area (Å²) in [5.74, 6) is -0.591. The molecule has 0 bridgehead atoms. The third kappa shape index (κ3) is 1.98. The molecule has 1 aromatic carbocycles. The van der Waals surface area contributed by atoms with Crippen molar-refractivity contribution in [1.82, 2.24) is 0 Å². The number of carbonyl (C=O) groups excluding carboxylic acids is 1. The van der Waals surface area contributed by atoms with Gasteiger partial charge in [0, 0.05) is 14.1 Å². The van der Waals surface area contributed by atoms with Crippen LogP contribution in [-0.2, 0) is 0 Å². The summed E-state index contributed by atoms with van der Waals surface area (Å²) in [4.78, 5) is 12.5. The van der Waals surface area contributed by atoms with E-state index in [0.717, 1.165) is 0 Å². The van der Waals surface area contributed by atoms with Gasteiger partial charge in [-0.1, -0.05) is 6.07 Å². The van der Waals surface area contributed by atoms with Crippen molar-refractivity contribution in [3.63, 3.8) is 0 Å². The molecule has 0 amide bonds. The minimum Gasteiger partial charge on any atom is -0.377 e. The van der Waals surface area contributed by atoms with Crippen LogP contribution in [0.15, 0.2) is 18.2 Å². The Kier molecular flexibility index (Phi) is 2.88. The maximum absolute atomic E-state index is 13.1. The molecule has 0 aliphatic carbocycles. The average molecular weight is 202 g/mol. The van der Waals surface area contributed by atoms with Crippen molar-refractivity contribution in [3.05, 3.63) is 29.6 Å². The van der Waals surface area contributed by atoms with Gasteiger partial charge in [-0.15, -0.1) is 0 Å². The van der Waals surface area contributed by atoms with Gasteiger partial charge in [-0.3, -0.25) is 4.79 Å². The molecule has 0 saturated carbocycles. The van der Waals surface area contributed by atoms with Crippen LogP contribution in [0.2, 0.25) is 0 Å². The predicted molar refractivity (Wildman–Crippen MR) is 50.9 cm³/mol. The molecule has 1 aromatic rings. The summed E-state index contributed by atoms with van der Waals surface area (Å²) in [6.45, 7) is 0. The van der Waals surface area contributed by atoms with E-state index >= 15 is 0 Å². The van der Waals surface area contributed by atoms with Crippen molar-refractivity contribution < 1.29 is 9.18 Å². The highest BCUT2D eigenvalue weighted by molar-refractivity contribution is 6.68. The molecular formula is C9H9ClFNO. The Morgan fingerprint density at radius 3 is 2.46 bits per heavy atom. The Hall–Kier alpha value is -1.09. The normalized spacial score (nSPS) is 9.85. The first-order valence-corrected chi connectivity index (χ1v) is 4.07. The number of hydrogen-bond donors (Lipinski definition) is 0. The van der Waals surface area contributed by atoms with E-state index in [2.05, 4.69) is 0 Å². The predicted octanol–water partition coefficient (Wildman–Crippen LogP) is 2.27. The Morgan fingerprint density at radius 1 is 1.46 bits per heavy atom. The Morgan fingerprint density at radius 2 is 2.08 bits per heavy atom. The van der Waals surface area contributed by atoms with Crippen LogP contribution in [0.5, 0.6) is 0 Å². The molecule has 0 aromatic heterocycles. The van der Waals surface area contributed by atoms with Crippen LogP contribution in [0.1, 0.15) is 10.4 Å². The average Bonchev–Trinajstić information content (AvgIpc) is 2.02. The van der Waals surface area contributed by atoms with Crippen molar-refractivity contribution in [3.8, 4) is 0 Å². The van der Waals surface area contributed by atoms with Gasteiger partial charge in [-0.05, 0) is 23.7 Å². The smallest absolute Gasteiger partial charge is 0.257 e. The molecule has 1 rings (SSSR count). The molecule has 13 heavy (non-hydrogen) atoms. The highest BCUT2D eigenvalue weighted by Crippen LogP contribution is 2.22. The van der Waals surface area contributed by atoms with E-state index in [4.69, 9.17) is 11.6 Å². The molecular weight excluding hydrogens is 193 g/mol. The zero-order valence-corrected chi connectivity index (χ0v) is 8.10. The molecule has 2 nitrogen and oxygen atoms in total. The molecule has 0 aliphatic rings. The van der Waals surface area contributed by atoms with E-state index in [1.165, 1.54) is 12.1 Å². The lowest BCUT2D eigenvalue weighted by Gasteiger charge is -2.15. The van der Waals surface area contributed by atoms with Crippen LogP contribution in [0.3, 0.4) is 0 Å². The van der Waals surface area contributed by atoms with E-state index in [0.29, 0.717) is 5.69 Å². The standard InChI is InChI=1S/C9H9ClFNO/c1-12(2)7-5-3-4-6(11)8(7)9(10)13/h3-5H,1-2H3. The molecule has 0 fully saturated rings. The van der Waals surface area contributed by atoms with E-state index in [9.17, 15) is 9.18 Å². The van der Waals surface area contributed by atoms with Crippen LogP contribution in [0.4, 0.5) is 10.1 Å². The van der Waals surface area contributed by atoms with Crippen molar-refractivity contribution in [2.45, 2.75) is 0 Å². The molecule has 0 spiro atoms. The second-order valence-electron chi connectivity index (χ2n) is 2.80. The van der Waals surface area contributed by atoms with Crippen molar-refractivity contribution in [2.75, 3.05) is 19.0 Å². The van der Waals surface area contributed by atoms with Gasteiger partial charge in [-0.25, -0.2) is 4.39 Å². The van der Waals surface area contributed by atoms with Crippen LogP contribution >= 0.6 is 11.6 Å². The fourth-order valence-electron chi connectivity index (χ4n) is 1.08. The fraction of sp³-hybridized carbons (Fsp3) is 0.222. The number of rotatable bonds is 2. The lowest BCUT2D eigenvalue weighted by Crippen LogP contribution is -2.13. The first-order valence-electron chi connectivity index (χ1n) is 3.69. The SMILES string of the molecule is CN(C)c1cccc(F)c1C(=O)Cl. The summed E-state index contributed by atoms with van der Waals surface area (Å²) in [5, 5.41) is -0.776. The highest BCUT2D eigenvalue weighted by atomic mass is 35.5. The van der Waals surface area contributed by atoms with E-state index in [1.54, 1.807) is 25.1 Å². The molecule has 0 unspecified atom stereocenters. The number of hydrogen-bond acceptors (Lipinski definition) is 2. The van der Waals surface area contributed by atoms with Crippen LogP contribution in [0, 0.1) is 5.82 Å². The zero-order valence-electron chi connectivity index (χ0n) is 7.34. The third-order valence-corrected chi connectivity index (χ3v) is 1.86. The van der Waals surface area contributed by atoms with Gasteiger partial charge in [0.1, 0.15) is 5.82 Å². The number of carbonyl (C=O) groups is 1. The van der Waals surface area contributed by atoms with Crippen LogP contribution in [-0.4, -0.2) is 19.3 Å².